The van der Waals surface area contributed by atoms with Crippen molar-refractivity contribution in [2.75, 3.05) is 31.9 Å². The van der Waals surface area contributed by atoms with Crippen molar-refractivity contribution in [3.63, 3.8) is 0 Å². The Hall–Kier alpha value is -2.07. The van der Waals surface area contributed by atoms with Gasteiger partial charge in [-0.05, 0) is 73.9 Å². The average molecular weight is 552 g/mol. The Kier molecular flexibility index (Phi) is 6.53. The molecule has 1 fully saturated rings. The Bertz CT molecular complexity index is 1090. The van der Waals surface area contributed by atoms with E-state index in [4.69, 9.17) is 14.2 Å². The van der Waals surface area contributed by atoms with Gasteiger partial charge in [0.1, 0.15) is 11.3 Å². The Balaban J connectivity index is 1.84. The fraction of sp³-hybridized carbons (Fsp3) is 0.500. The highest BCUT2D eigenvalue weighted by molar-refractivity contribution is 14.1. The van der Waals surface area contributed by atoms with Crippen molar-refractivity contribution in [2.45, 2.75) is 51.6 Å². The highest BCUT2D eigenvalue weighted by atomic mass is 127. The van der Waals surface area contributed by atoms with Crippen molar-refractivity contribution in [3.05, 3.63) is 49.3 Å². The molecule has 32 heavy (non-hydrogen) atoms. The smallest absolute Gasteiger partial charge is 0.343 e. The van der Waals surface area contributed by atoms with Gasteiger partial charge in [-0.3, -0.25) is 14.5 Å². The molecule has 0 aliphatic carbocycles. The summed E-state index contributed by atoms with van der Waals surface area (Å²) in [6.07, 6.45) is 4.44. The SMILES string of the molecule is CCOC(=O)c1cn2c(cc1=O)-c1cc(I)c(OCCCOC)cc1[C@H]1CCC(C)(C)N12. The van der Waals surface area contributed by atoms with E-state index < -0.39 is 5.97 Å². The van der Waals surface area contributed by atoms with E-state index in [1.54, 1.807) is 26.3 Å². The van der Waals surface area contributed by atoms with Gasteiger partial charge in [0.25, 0.3) is 0 Å². The largest absolute Gasteiger partial charge is 0.492 e. The molecule has 7 nitrogen and oxygen atoms in total. The summed E-state index contributed by atoms with van der Waals surface area (Å²) in [5.74, 6) is 0.269. The molecule has 1 atom stereocenters. The average Bonchev–Trinajstić information content (AvgIpc) is 3.07. The molecule has 2 aliphatic rings. The summed E-state index contributed by atoms with van der Waals surface area (Å²) in [6, 6.07) is 5.89. The van der Waals surface area contributed by atoms with Crippen LogP contribution in [-0.2, 0) is 9.47 Å². The number of hydrogen-bond acceptors (Lipinski definition) is 6. The maximum absolute atomic E-state index is 12.9. The molecule has 0 saturated carbocycles. The van der Waals surface area contributed by atoms with E-state index >= 15 is 0 Å². The van der Waals surface area contributed by atoms with Crippen molar-refractivity contribution in [1.29, 1.82) is 0 Å². The summed E-state index contributed by atoms with van der Waals surface area (Å²) in [5.41, 5.74) is 2.54. The molecular weight excluding hydrogens is 523 g/mol. The maximum atomic E-state index is 12.9. The summed E-state index contributed by atoms with van der Waals surface area (Å²) >= 11 is 2.28. The third kappa shape index (κ3) is 4.03. The fourth-order valence-corrected chi connectivity index (χ4v) is 5.33. The number of fused-ring (bicyclic) bond motifs is 6. The van der Waals surface area contributed by atoms with Crippen LogP contribution in [0.1, 0.15) is 62.0 Å². The summed E-state index contributed by atoms with van der Waals surface area (Å²) in [4.78, 5) is 25.3. The molecule has 1 aromatic carbocycles. The van der Waals surface area contributed by atoms with Gasteiger partial charge in [-0.2, -0.15) is 0 Å². The fourth-order valence-electron chi connectivity index (χ4n) is 4.71. The number of halogens is 1. The van der Waals surface area contributed by atoms with Gasteiger partial charge in [-0.1, -0.05) is 0 Å². The minimum Gasteiger partial charge on any atom is -0.492 e. The number of hydrogen-bond donors (Lipinski definition) is 0. The van der Waals surface area contributed by atoms with E-state index in [1.165, 1.54) is 0 Å². The Morgan fingerprint density at radius 1 is 1.25 bits per heavy atom. The Labute approximate surface area is 201 Å². The molecule has 0 unspecified atom stereocenters. The van der Waals surface area contributed by atoms with Crippen LogP contribution >= 0.6 is 22.6 Å². The lowest BCUT2D eigenvalue weighted by Crippen LogP contribution is -2.50. The van der Waals surface area contributed by atoms with Crippen molar-refractivity contribution >= 4 is 28.6 Å². The predicted molar refractivity (Wildman–Crippen MR) is 131 cm³/mol. The molecule has 2 aliphatic heterocycles. The van der Waals surface area contributed by atoms with Gasteiger partial charge >= 0.3 is 5.97 Å². The topological polar surface area (TPSA) is 70.0 Å². The predicted octanol–water partition coefficient (Wildman–Crippen LogP) is 4.28. The number of carbonyl (C=O) groups excluding carboxylic acids is 1. The maximum Gasteiger partial charge on any atom is 0.343 e. The van der Waals surface area contributed by atoms with Gasteiger partial charge in [0, 0.05) is 38.0 Å². The van der Waals surface area contributed by atoms with E-state index in [0.717, 1.165) is 45.4 Å². The van der Waals surface area contributed by atoms with Crippen molar-refractivity contribution < 1.29 is 19.0 Å². The van der Waals surface area contributed by atoms with Crippen LogP contribution in [0, 0.1) is 3.57 Å². The first-order chi connectivity index (χ1) is 15.3. The molecule has 0 bridgehead atoms. The number of methoxy groups -OCH3 is 1. The number of benzene rings is 1. The van der Waals surface area contributed by atoms with Crippen LogP contribution in [0.2, 0.25) is 0 Å². The second-order valence-corrected chi connectivity index (χ2v) is 9.94. The molecule has 4 rings (SSSR count). The molecule has 0 spiro atoms. The zero-order valence-electron chi connectivity index (χ0n) is 18.9. The van der Waals surface area contributed by atoms with Crippen LogP contribution in [0.15, 0.2) is 29.2 Å². The van der Waals surface area contributed by atoms with Crippen LogP contribution in [0.3, 0.4) is 0 Å². The third-order valence-corrected chi connectivity index (χ3v) is 7.04. The molecule has 0 N–H and O–H groups in total. The summed E-state index contributed by atoms with van der Waals surface area (Å²) in [7, 11) is 1.69. The number of nitrogens with zero attached hydrogens (tertiary/aromatic N) is 2. The van der Waals surface area contributed by atoms with Crippen molar-refractivity contribution in [3.8, 4) is 17.0 Å². The van der Waals surface area contributed by atoms with Gasteiger partial charge in [0.15, 0.2) is 5.43 Å². The van der Waals surface area contributed by atoms with Gasteiger partial charge < -0.3 is 14.2 Å². The third-order valence-electron chi connectivity index (χ3n) is 6.19. The number of pyridine rings is 1. The Morgan fingerprint density at radius 3 is 2.75 bits per heavy atom. The lowest BCUT2D eigenvalue weighted by molar-refractivity contribution is 0.0523. The number of ether oxygens (including phenoxy) is 3. The van der Waals surface area contributed by atoms with Crippen molar-refractivity contribution in [2.24, 2.45) is 0 Å². The standard InChI is InChI=1S/C24H29IN2O5/c1-5-31-23(29)17-14-26-20(13-21(17)28)15-11-18(25)22(32-10-6-9-30-4)12-16(15)19-7-8-24(2,3)27(19)26/h11-14,19H,5-10H2,1-4H3/t19-/m1/s1. The van der Waals surface area contributed by atoms with Crippen LogP contribution in [0.25, 0.3) is 11.3 Å². The molecule has 3 heterocycles. The molecule has 0 radical (unpaired) electrons. The monoisotopic (exact) mass is 552 g/mol. The minimum absolute atomic E-state index is 0.0632. The molecule has 2 aromatic rings. The zero-order valence-corrected chi connectivity index (χ0v) is 21.1. The number of rotatable bonds is 7. The van der Waals surface area contributed by atoms with Crippen LogP contribution in [0.4, 0.5) is 0 Å². The molecule has 8 heteroatoms. The van der Waals surface area contributed by atoms with E-state index in [-0.39, 0.29) is 29.2 Å². The minimum atomic E-state index is -0.582. The first kappa shape index (κ1) is 23.1. The second kappa shape index (κ2) is 9.05. The van der Waals surface area contributed by atoms with Crippen LogP contribution in [-0.4, -0.2) is 43.1 Å². The summed E-state index contributed by atoms with van der Waals surface area (Å²) in [5, 5.41) is 2.29. The van der Waals surface area contributed by atoms with Crippen LogP contribution in [0.5, 0.6) is 5.75 Å². The Morgan fingerprint density at radius 2 is 2.03 bits per heavy atom. The number of carbonyl (C=O) groups is 1. The van der Waals surface area contributed by atoms with Crippen molar-refractivity contribution in [1.82, 2.24) is 4.68 Å². The van der Waals surface area contributed by atoms with E-state index in [2.05, 4.69) is 53.6 Å². The summed E-state index contributed by atoms with van der Waals surface area (Å²) < 4.78 is 19.3. The normalized spacial score (nSPS) is 18.0. The molecule has 1 aromatic heterocycles. The first-order valence-corrected chi connectivity index (χ1v) is 12.1. The van der Waals surface area contributed by atoms with Gasteiger partial charge in [-0.15, -0.1) is 0 Å². The lowest BCUT2D eigenvalue weighted by atomic mass is 9.94. The number of aromatic nitrogens is 1. The lowest BCUT2D eigenvalue weighted by Gasteiger charge is -2.44. The van der Waals surface area contributed by atoms with Gasteiger partial charge in [0.2, 0.25) is 0 Å². The first-order valence-electron chi connectivity index (χ1n) is 11.0. The second-order valence-electron chi connectivity index (χ2n) is 8.78. The summed E-state index contributed by atoms with van der Waals surface area (Å²) in [6.45, 7) is 7.59. The quantitative estimate of drug-likeness (QED) is 0.290. The highest BCUT2D eigenvalue weighted by Crippen LogP contribution is 2.49. The molecule has 0 amide bonds. The van der Waals surface area contributed by atoms with Gasteiger partial charge in [-0.25, -0.2) is 4.79 Å². The van der Waals surface area contributed by atoms with Gasteiger partial charge in [0.05, 0.1) is 34.1 Å². The molecular formula is C24H29IN2O5. The molecule has 172 valence electrons. The molecule has 1 saturated heterocycles. The number of esters is 1. The van der Waals surface area contributed by atoms with E-state index in [0.29, 0.717) is 13.2 Å². The van der Waals surface area contributed by atoms with Crippen LogP contribution < -0.4 is 15.2 Å². The zero-order chi connectivity index (χ0) is 23.0. The van der Waals surface area contributed by atoms with E-state index in [9.17, 15) is 9.59 Å². The highest BCUT2D eigenvalue weighted by Gasteiger charge is 2.45. The van der Waals surface area contributed by atoms with E-state index in [1.807, 2.05) is 4.68 Å².